The van der Waals surface area contributed by atoms with Crippen LogP contribution in [0, 0.1) is 19.7 Å². The number of anilines is 1. The average molecular weight is 312 g/mol. The van der Waals surface area contributed by atoms with Crippen LogP contribution in [0.2, 0.25) is 0 Å². The molecule has 0 saturated carbocycles. The highest BCUT2D eigenvalue weighted by Crippen LogP contribution is 2.22. The molecule has 0 saturated heterocycles. The number of halogens is 1. The molecule has 2 rings (SSSR count). The maximum absolute atomic E-state index is 13.4. The highest BCUT2D eigenvalue weighted by atomic mass is 32.2. The molecule has 1 amide bonds. The topological polar surface area (TPSA) is 59.1 Å². The lowest BCUT2D eigenvalue weighted by Crippen LogP contribution is -2.14. The highest BCUT2D eigenvalue weighted by molar-refractivity contribution is 7.86. The summed E-state index contributed by atoms with van der Waals surface area (Å²) in [5.41, 5.74) is 1.71. The lowest BCUT2D eigenvalue weighted by molar-refractivity contribution is 0.102. The number of carbonyl (C=O) groups excluding carboxylic acids is 1. The normalized spacial score (nSPS) is 12.2. The van der Waals surface area contributed by atoms with Crippen LogP contribution in [-0.4, -0.2) is 21.4 Å². The zero-order valence-corrected chi connectivity index (χ0v) is 12.8. The van der Waals surface area contributed by atoms with E-state index in [4.69, 9.17) is 0 Å². The maximum Gasteiger partial charge on any atom is 0.257 e. The quantitative estimate of drug-likeness (QED) is 0.948. The number of amides is 1. The van der Waals surface area contributed by atoms with Gasteiger partial charge in [0.05, 0.1) is 17.0 Å². The van der Waals surface area contributed by atoms with Crippen LogP contribution in [-0.2, 0) is 10.8 Å². The summed E-state index contributed by atoms with van der Waals surface area (Å²) in [6.07, 6.45) is 3.00. The highest BCUT2D eigenvalue weighted by Gasteiger charge is 2.14. The van der Waals surface area contributed by atoms with Gasteiger partial charge in [-0.05, 0) is 37.1 Å². The van der Waals surface area contributed by atoms with E-state index in [1.54, 1.807) is 20.1 Å². The van der Waals surface area contributed by atoms with Crippen molar-refractivity contribution in [1.82, 2.24) is 4.98 Å². The minimum absolute atomic E-state index is 0.275. The van der Waals surface area contributed by atoms with Crippen LogP contribution in [0.25, 0.3) is 0 Å². The average Bonchev–Trinajstić information content (AvgIpc) is 2.82. The molecule has 0 bridgehead atoms. The van der Waals surface area contributed by atoms with Crippen molar-refractivity contribution in [2.24, 2.45) is 0 Å². The number of aryl methyl sites for hydroxylation is 1. The van der Waals surface area contributed by atoms with Crippen molar-refractivity contribution >= 4 is 33.2 Å². The standard InChI is InChI=1S/C13H13FN2O2S2/c1-7-4-9(14)5-10(8(7)2)12(17)16-13-15-6-11(19-13)20(3)18/h4-6H,1-3H3,(H,15,16,17). The molecular weight excluding hydrogens is 299 g/mol. The van der Waals surface area contributed by atoms with Crippen molar-refractivity contribution in [2.45, 2.75) is 18.1 Å². The Labute approximate surface area is 122 Å². The van der Waals surface area contributed by atoms with Crippen LogP contribution in [0.15, 0.2) is 22.5 Å². The van der Waals surface area contributed by atoms with E-state index in [1.165, 1.54) is 18.3 Å². The molecule has 0 aliphatic carbocycles. The number of thiazole rings is 1. The molecule has 0 aliphatic heterocycles. The molecule has 1 atom stereocenters. The van der Waals surface area contributed by atoms with Crippen LogP contribution in [0.1, 0.15) is 21.5 Å². The number of rotatable bonds is 3. The molecular formula is C13H13FN2O2S2. The minimum atomic E-state index is -1.13. The molecule has 0 spiro atoms. The first kappa shape index (κ1) is 14.8. The van der Waals surface area contributed by atoms with E-state index < -0.39 is 22.5 Å². The van der Waals surface area contributed by atoms with Crippen LogP contribution < -0.4 is 5.32 Å². The predicted octanol–water partition coefficient (Wildman–Crippen LogP) is 2.89. The molecule has 0 fully saturated rings. The second kappa shape index (κ2) is 5.80. The summed E-state index contributed by atoms with van der Waals surface area (Å²) in [6, 6.07) is 2.58. The molecule has 4 nitrogen and oxygen atoms in total. The third kappa shape index (κ3) is 3.10. The Hall–Kier alpha value is -1.60. The van der Waals surface area contributed by atoms with Crippen LogP contribution >= 0.6 is 11.3 Å². The monoisotopic (exact) mass is 312 g/mol. The Morgan fingerprint density at radius 2 is 2.10 bits per heavy atom. The van der Waals surface area contributed by atoms with Gasteiger partial charge in [0.1, 0.15) is 10.0 Å². The lowest BCUT2D eigenvalue weighted by atomic mass is 10.0. The molecule has 1 heterocycles. The molecule has 20 heavy (non-hydrogen) atoms. The van der Waals surface area contributed by atoms with Crippen molar-refractivity contribution in [1.29, 1.82) is 0 Å². The van der Waals surface area contributed by atoms with Gasteiger partial charge in [0, 0.05) is 11.8 Å². The fraction of sp³-hybridized carbons (Fsp3) is 0.231. The number of aromatic nitrogens is 1. The molecule has 1 aromatic carbocycles. The Kier molecular flexibility index (Phi) is 4.29. The van der Waals surface area contributed by atoms with Gasteiger partial charge in [0.2, 0.25) is 0 Å². The van der Waals surface area contributed by atoms with Crippen molar-refractivity contribution in [3.63, 3.8) is 0 Å². The fourth-order valence-electron chi connectivity index (χ4n) is 1.67. The predicted molar refractivity (Wildman–Crippen MR) is 78.3 cm³/mol. The van der Waals surface area contributed by atoms with Crippen LogP contribution in [0.4, 0.5) is 9.52 Å². The molecule has 1 N–H and O–H groups in total. The molecule has 1 unspecified atom stereocenters. The van der Waals surface area contributed by atoms with Crippen molar-refractivity contribution in [2.75, 3.05) is 11.6 Å². The first-order chi connectivity index (χ1) is 9.38. The summed E-state index contributed by atoms with van der Waals surface area (Å²) >= 11 is 1.14. The number of hydrogen-bond acceptors (Lipinski definition) is 4. The summed E-state index contributed by atoms with van der Waals surface area (Å²) in [4.78, 5) is 16.1. The van der Waals surface area contributed by atoms with Gasteiger partial charge in [0.25, 0.3) is 5.91 Å². The Balaban J connectivity index is 2.26. The van der Waals surface area contributed by atoms with Gasteiger partial charge in [-0.1, -0.05) is 11.3 Å². The number of nitrogens with zero attached hydrogens (tertiary/aromatic N) is 1. The molecule has 2 aromatic rings. The van der Waals surface area contributed by atoms with E-state index in [1.807, 2.05) is 0 Å². The summed E-state index contributed by atoms with van der Waals surface area (Å²) in [5, 5.41) is 2.94. The number of hydrogen-bond donors (Lipinski definition) is 1. The third-order valence-electron chi connectivity index (χ3n) is 2.87. The first-order valence-electron chi connectivity index (χ1n) is 5.76. The van der Waals surface area contributed by atoms with E-state index in [9.17, 15) is 13.4 Å². The van der Waals surface area contributed by atoms with Gasteiger partial charge in [0.15, 0.2) is 5.13 Å². The summed E-state index contributed by atoms with van der Waals surface area (Å²) in [6.45, 7) is 3.51. The second-order valence-corrected chi connectivity index (χ2v) is 6.93. The van der Waals surface area contributed by atoms with Gasteiger partial charge >= 0.3 is 0 Å². The van der Waals surface area contributed by atoms with Crippen LogP contribution in [0.3, 0.4) is 0 Å². The zero-order chi connectivity index (χ0) is 14.9. The van der Waals surface area contributed by atoms with Gasteiger partial charge in [-0.25, -0.2) is 9.37 Å². The summed E-state index contributed by atoms with van der Waals surface area (Å²) < 4.78 is 25.2. The zero-order valence-electron chi connectivity index (χ0n) is 11.2. The van der Waals surface area contributed by atoms with E-state index in [0.717, 1.165) is 16.9 Å². The number of benzene rings is 1. The maximum atomic E-state index is 13.4. The Morgan fingerprint density at radius 1 is 1.40 bits per heavy atom. The molecule has 0 aliphatic rings. The van der Waals surface area contributed by atoms with E-state index >= 15 is 0 Å². The van der Waals surface area contributed by atoms with Crippen LogP contribution in [0.5, 0.6) is 0 Å². The van der Waals surface area contributed by atoms with Gasteiger partial charge < -0.3 is 0 Å². The third-order valence-corrected chi connectivity index (χ3v) is 5.20. The number of nitrogens with one attached hydrogen (secondary N) is 1. The minimum Gasteiger partial charge on any atom is -0.298 e. The summed E-state index contributed by atoms with van der Waals surface area (Å²) in [7, 11) is -1.13. The first-order valence-corrected chi connectivity index (χ1v) is 8.13. The Morgan fingerprint density at radius 3 is 2.70 bits per heavy atom. The van der Waals surface area contributed by atoms with E-state index in [0.29, 0.717) is 14.9 Å². The van der Waals surface area contributed by atoms with E-state index in [-0.39, 0.29) is 5.56 Å². The van der Waals surface area contributed by atoms with Gasteiger partial charge in [-0.3, -0.25) is 14.3 Å². The molecule has 7 heteroatoms. The number of carbonyl (C=O) groups is 1. The molecule has 106 valence electrons. The van der Waals surface area contributed by atoms with Gasteiger partial charge in [-0.15, -0.1) is 0 Å². The van der Waals surface area contributed by atoms with Gasteiger partial charge in [-0.2, -0.15) is 0 Å². The van der Waals surface area contributed by atoms with Crippen molar-refractivity contribution in [3.8, 4) is 0 Å². The fourth-order valence-corrected chi connectivity index (χ4v) is 3.12. The van der Waals surface area contributed by atoms with Crippen molar-refractivity contribution in [3.05, 3.63) is 40.8 Å². The lowest BCUT2D eigenvalue weighted by Gasteiger charge is -2.08. The Bertz CT molecular complexity index is 698. The largest absolute Gasteiger partial charge is 0.298 e. The molecule has 0 radical (unpaired) electrons. The smallest absolute Gasteiger partial charge is 0.257 e. The second-order valence-electron chi connectivity index (χ2n) is 4.29. The van der Waals surface area contributed by atoms with Crippen molar-refractivity contribution < 1.29 is 13.4 Å². The SMILES string of the molecule is Cc1cc(F)cc(C(=O)Nc2ncc(S(C)=O)s2)c1C. The summed E-state index contributed by atoms with van der Waals surface area (Å²) in [5.74, 6) is -0.874. The van der Waals surface area contributed by atoms with E-state index in [2.05, 4.69) is 10.3 Å². The molecule has 1 aromatic heterocycles.